The first-order valence-electron chi connectivity index (χ1n) is 10.3. The molecule has 1 N–H and O–H groups in total. The van der Waals surface area contributed by atoms with Gasteiger partial charge in [-0.05, 0) is 57.4 Å². The highest BCUT2D eigenvalue weighted by atomic mass is 35.5. The van der Waals surface area contributed by atoms with Crippen LogP contribution in [-0.4, -0.2) is 35.4 Å². The summed E-state index contributed by atoms with van der Waals surface area (Å²) in [7, 11) is 0. The van der Waals surface area contributed by atoms with E-state index < -0.39 is 6.04 Å². The zero-order valence-corrected chi connectivity index (χ0v) is 19.1. The number of hydrogen-bond donors (Lipinski definition) is 1. The van der Waals surface area contributed by atoms with Crippen molar-refractivity contribution >= 4 is 23.4 Å². The first kappa shape index (κ1) is 23.7. The van der Waals surface area contributed by atoms with Gasteiger partial charge in [-0.1, -0.05) is 54.4 Å². The molecule has 0 unspecified atom stereocenters. The fourth-order valence-corrected chi connectivity index (χ4v) is 3.49. The summed E-state index contributed by atoms with van der Waals surface area (Å²) in [4.78, 5) is 27.5. The molecule has 2 amide bonds. The Morgan fingerprint density at radius 1 is 1.13 bits per heavy atom. The molecule has 1 atom stereocenters. The van der Waals surface area contributed by atoms with Crippen LogP contribution in [0.25, 0.3) is 0 Å². The van der Waals surface area contributed by atoms with Crippen molar-refractivity contribution in [1.29, 1.82) is 0 Å². The molecule has 30 heavy (non-hydrogen) atoms. The molecular formula is C24H31ClN2O3. The summed E-state index contributed by atoms with van der Waals surface area (Å²) in [5, 5.41) is 3.47. The molecule has 0 saturated heterocycles. The molecule has 6 heteroatoms. The Kier molecular flexibility index (Phi) is 8.72. The fourth-order valence-electron chi connectivity index (χ4n) is 3.29. The van der Waals surface area contributed by atoms with Crippen molar-refractivity contribution in [2.45, 2.75) is 59.7 Å². The second-order valence-corrected chi connectivity index (χ2v) is 8.17. The Morgan fingerprint density at radius 2 is 1.83 bits per heavy atom. The highest BCUT2D eigenvalue weighted by Crippen LogP contribution is 2.21. The molecule has 2 rings (SSSR count). The van der Waals surface area contributed by atoms with E-state index >= 15 is 0 Å². The lowest BCUT2D eigenvalue weighted by atomic mass is 10.1. The third kappa shape index (κ3) is 6.49. The van der Waals surface area contributed by atoms with E-state index in [1.54, 1.807) is 11.0 Å². The Labute approximate surface area is 184 Å². The number of amides is 2. The third-order valence-electron chi connectivity index (χ3n) is 4.80. The topological polar surface area (TPSA) is 58.6 Å². The van der Waals surface area contributed by atoms with Crippen LogP contribution in [0.2, 0.25) is 5.02 Å². The Balaban J connectivity index is 2.25. The van der Waals surface area contributed by atoms with Crippen LogP contribution in [0.5, 0.6) is 5.75 Å². The number of carbonyl (C=O) groups excluding carboxylic acids is 2. The maximum absolute atomic E-state index is 13.2. The summed E-state index contributed by atoms with van der Waals surface area (Å²) in [5.74, 6) is 0.214. The Hall–Kier alpha value is -2.53. The summed E-state index contributed by atoms with van der Waals surface area (Å²) >= 11 is 6.32. The zero-order chi connectivity index (χ0) is 22.3. The molecule has 0 aliphatic carbocycles. The van der Waals surface area contributed by atoms with Gasteiger partial charge in [0.25, 0.3) is 5.91 Å². The van der Waals surface area contributed by atoms with Crippen LogP contribution in [0.4, 0.5) is 0 Å². The number of halogens is 1. The van der Waals surface area contributed by atoms with Gasteiger partial charge in [0.15, 0.2) is 6.61 Å². The molecule has 2 aromatic carbocycles. The van der Waals surface area contributed by atoms with Gasteiger partial charge in [0.05, 0.1) is 0 Å². The molecule has 0 fully saturated rings. The molecule has 0 heterocycles. The number of hydrogen-bond acceptors (Lipinski definition) is 3. The maximum Gasteiger partial charge on any atom is 0.261 e. The SMILES string of the molecule is CC[C@H](C(=O)NC(C)C)N(Cc1ccccc1Cl)C(=O)COc1ccc(C)cc1C. The average molecular weight is 431 g/mol. The van der Waals surface area contributed by atoms with Gasteiger partial charge < -0.3 is 15.0 Å². The second kappa shape index (κ2) is 11.0. The molecule has 0 saturated carbocycles. The van der Waals surface area contributed by atoms with Gasteiger partial charge in [0.1, 0.15) is 11.8 Å². The van der Waals surface area contributed by atoms with Gasteiger partial charge in [-0.25, -0.2) is 0 Å². The van der Waals surface area contributed by atoms with Crippen molar-refractivity contribution in [3.8, 4) is 5.75 Å². The third-order valence-corrected chi connectivity index (χ3v) is 5.17. The lowest BCUT2D eigenvalue weighted by molar-refractivity contribution is -0.143. The van der Waals surface area contributed by atoms with Crippen molar-refractivity contribution < 1.29 is 14.3 Å². The number of nitrogens with zero attached hydrogens (tertiary/aromatic N) is 1. The summed E-state index contributed by atoms with van der Waals surface area (Å²) in [6.45, 7) is 9.72. The minimum absolute atomic E-state index is 0.0183. The largest absolute Gasteiger partial charge is 0.483 e. The standard InChI is InChI=1S/C24H31ClN2O3/c1-6-21(24(29)26-16(2)3)27(14-19-9-7-8-10-20(19)25)23(28)15-30-22-12-11-17(4)13-18(22)5/h7-13,16,21H,6,14-15H2,1-5H3,(H,26,29)/t21-/m1/s1. The molecule has 0 aromatic heterocycles. The van der Waals surface area contributed by atoms with E-state index in [4.69, 9.17) is 16.3 Å². The molecule has 5 nitrogen and oxygen atoms in total. The number of rotatable bonds is 9. The summed E-state index contributed by atoms with van der Waals surface area (Å²) < 4.78 is 5.80. The van der Waals surface area contributed by atoms with Crippen molar-refractivity contribution in [3.63, 3.8) is 0 Å². The number of nitrogens with one attached hydrogen (secondary N) is 1. The van der Waals surface area contributed by atoms with Crippen LogP contribution in [-0.2, 0) is 16.1 Å². The molecule has 2 aromatic rings. The average Bonchev–Trinajstić information content (AvgIpc) is 2.67. The van der Waals surface area contributed by atoms with Crippen LogP contribution in [0.1, 0.15) is 43.9 Å². The Bertz CT molecular complexity index is 883. The van der Waals surface area contributed by atoms with E-state index in [9.17, 15) is 9.59 Å². The monoisotopic (exact) mass is 430 g/mol. The lowest BCUT2D eigenvalue weighted by Gasteiger charge is -2.31. The van der Waals surface area contributed by atoms with Gasteiger partial charge in [-0.15, -0.1) is 0 Å². The molecule has 0 bridgehead atoms. The number of benzene rings is 2. The highest BCUT2D eigenvalue weighted by Gasteiger charge is 2.29. The minimum Gasteiger partial charge on any atom is -0.483 e. The number of carbonyl (C=O) groups is 2. The van der Waals surface area contributed by atoms with E-state index in [0.717, 1.165) is 16.7 Å². The summed E-state index contributed by atoms with van der Waals surface area (Å²) in [5.41, 5.74) is 2.88. The van der Waals surface area contributed by atoms with Crippen LogP contribution in [0, 0.1) is 13.8 Å². The molecule has 162 valence electrons. The fraction of sp³-hybridized carbons (Fsp3) is 0.417. The van der Waals surface area contributed by atoms with E-state index in [1.807, 2.05) is 71.0 Å². The highest BCUT2D eigenvalue weighted by molar-refractivity contribution is 6.31. The molecular weight excluding hydrogens is 400 g/mol. The van der Waals surface area contributed by atoms with E-state index in [1.165, 1.54) is 0 Å². The molecule has 0 radical (unpaired) electrons. The predicted molar refractivity (Wildman–Crippen MR) is 121 cm³/mol. The zero-order valence-electron chi connectivity index (χ0n) is 18.4. The molecule has 0 spiro atoms. The van der Waals surface area contributed by atoms with Crippen molar-refractivity contribution in [2.24, 2.45) is 0 Å². The number of ether oxygens (including phenoxy) is 1. The first-order chi connectivity index (χ1) is 14.2. The van der Waals surface area contributed by atoms with Crippen molar-refractivity contribution in [2.75, 3.05) is 6.61 Å². The normalized spacial score (nSPS) is 11.8. The van der Waals surface area contributed by atoms with E-state index in [0.29, 0.717) is 17.2 Å². The van der Waals surface area contributed by atoms with Gasteiger partial charge in [0, 0.05) is 17.6 Å². The van der Waals surface area contributed by atoms with Crippen LogP contribution >= 0.6 is 11.6 Å². The minimum atomic E-state index is -0.612. The smallest absolute Gasteiger partial charge is 0.261 e. The predicted octanol–water partition coefficient (Wildman–Crippen LogP) is 4.67. The van der Waals surface area contributed by atoms with Crippen molar-refractivity contribution in [3.05, 3.63) is 64.2 Å². The maximum atomic E-state index is 13.2. The van der Waals surface area contributed by atoms with Gasteiger partial charge in [0.2, 0.25) is 5.91 Å². The Morgan fingerprint density at radius 3 is 2.43 bits per heavy atom. The van der Waals surface area contributed by atoms with E-state index in [-0.39, 0.29) is 31.0 Å². The van der Waals surface area contributed by atoms with Crippen LogP contribution in [0.3, 0.4) is 0 Å². The van der Waals surface area contributed by atoms with Gasteiger partial charge >= 0.3 is 0 Å². The number of aryl methyl sites for hydroxylation is 2. The van der Waals surface area contributed by atoms with Crippen molar-refractivity contribution in [1.82, 2.24) is 10.2 Å². The second-order valence-electron chi connectivity index (χ2n) is 7.76. The molecule has 0 aliphatic rings. The van der Waals surface area contributed by atoms with Gasteiger partial charge in [-0.2, -0.15) is 0 Å². The van der Waals surface area contributed by atoms with E-state index in [2.05, 4.69) is 5.32 Å². The lowest BCUT2D eigenvalue weighted by Crippen LogP contribution is -2.51. The first-order valence-corrected chi connectivity index (χ1v) is 10.6. The summed E-state index contributed by atoms with van der Waals surface area (Å²) in [6, 6.07) is 12.5. The molecule has 0 aliphatic heterocycles. The van der Waals surface area contributed by atoms with Crippen LogP contribution < -0.4 is 10.1 Å². The van der Waals surface area contributed by atoms with Crippen LogP contribution in [0.15, 0.2) is 42.5 Å². The summed E-state index contributed by atoms with van der Waals surface area (Å²) in [6.07, 6.45) is 0.484. The van der Waals surface area contributed by atoms with Gasteiger partial charge in [-0.3, -0.25) is 9.59 Å². The quantitative estimate of drug-likeness (QED) is 0.629.